The second-order valence-electron chi connectivity index (χ2n) is 5.45. The van der Waals surface area contributed by atoms with Gasteiger partial charge in [-0.05, 0) is 43.8 Å². The fourth-order valence-electron chi connectivity index (χ4n) is 2.68. The van der Waals surface area contributed by atoms with Gasteiger partial charge in [0.1, 0.15) is 0 Å². The quantitative estimate of drug-likeness (QED) is 0.380. The van der Waals surface area contributed by atoms with Crippen molar-refractivity contribution in [1.29, 1.82) is 0 Å². The van der Waals surface area contributed by atoms with Crippen LogP contribution in [0.1, 0.15) is 37.3 Å². The third kappa shape index (κ3) is 3.70. The summed E-state index contributed by atoms with van der Waals surface area (Å²) >= 11 is 0. The van der Waals surface area contributed by atoms with E-state index < -0.39 is 0 Å². The molecule has 4 nitrogen and oxygen atoms in total. The van der Waals surface area contributed by atoms with Crippen LogP contribution in [0.3, 0.4) is 0 Å². The first-order valence-corrected chi connectivity index (χ1v) is 6.99. The lowest BCUT2D eigenvalue weighted by Crippen LogP contribution is -2.26. The van der Waals surface area contributed by atoms with Crippen LogP contribution < -0.4 is 5.73 Å². The minimum Gasteiger partial charge on any atom is -0.409 e. The van der Waals surface area contributed by atoms with Gasteiger partial charge in [-0.3, -0.25) is 4.90 Å². The molecule has 0 aromatic heterocycles. The topological polar surface area (TPSA) is 61.8 Å². The van der Waals surface area contributed by atoms with Gasteiger partial charge in [0.05, 0.1) is 0 Å². The summed E-state index contributed by atoms with van der Waals surface area (Å²) in [6.45, 7) is 5.47. The van der Waals surface area contributed by atoms with Gasteiger partial charge in [-0.15, -0.1) is 0 Å². The number of benzene rings is 1. The minimum atomic E-state index is 0.193. The number of amidine groups is 1. The van der Waals surface area contributed by atoms with E-state index in [4.69, 9.17) is 10.9 Å². The SMILES string of the molecule is CC1CCCN(Cc2ccccc2C(N)=NO)CC1. The molecule has 0 amide bonds. The van der Waals surface area contributed by atoms with Crippen molar-refractivity contribution in [3.63, 3.8) is 0 Å². The minimum absolute atomic E-state index is 0.193. The predicted molar refractivity (Wildman–Crippen MR) is 77.2 cm³/mol. The summed E-state index contributed by atoms with van der Waals surface area (Å²) in [7, 11) is 0. The van der Waals surface area contributed by atoms with Gasteiger partial charge in [0.15, 0.2) is 5.84 Å². The first-order valence-electron chi connectivity index (χ1n) is 6.99. The number of oxime groups is 1. The number of nitrogens with zero attached hydrogens (tertiary/aromatic N) is 2. The van der Waals surface area contributed by atoms with Gasteiger partial charge >= 0.3 is 0 Å². The van der Waals surface area contributed by atoms with Crippen LogP contribution in [0.15, 0.2) is 29.4 Å². The Bertz CT molecular complexity index is 445. The van der Waals surface area contributed by atoms with Crippen molar-refractivity contribution >= 4 is 5.84 Å². The summed E-state index contributed by atoms with van der Waals surface area (Å²) in [4.78, 5) is 2.47. The predicted octanol–water partition coefficient (Wildman–Crippen LogP) is 2.40. The van der Waals surface area contributed by atoms with E-state index in [1.165, 1.54) is 19.3 Å². The van der Waals surface area contributed by atoms with Gasteiger partial charge in [0, 0.05) is 12.1 Å². The van der Waals surface area contributed by atoms with E-state index in [0.29, 0.717) is 0 Å². The van der Waals surface area contributed by atoms with Gasteiger partial charge in [0.25, 0.3) is 0 Å². The molecular formula is C15H23N3O. The lowest BCUT2D eigenvalue weighted by Gasteiger charge is -2.21. The first-order chi connectivity index (χ1) is 9.20. The summed E-state index contributed by atoms with van der Waals surface area (Å²) in [5.41, 5.74) is 7.70. The molecule has 1 aliphatic heterocycles. The van der Waals surface area contributed by atoms with Crippen LogP contribution in [0.2, 0.25) is 0 Å². The third-order valence-corrected chi connectivity index (χ3v) is 3.90. The molecule has 0 spiro atoms. The number of rotatable bonds is 3. The molecule has 104 valence electrons. The Hall–Kier alpha value is -1.55. The third-order valence-electron chi connectivity index (χ3n) is 3.90. The van der Waals surface area contributed by atoms with Crippen LogP contribution in [0.25, 0.3) is 0 Å². The maximum absolute atomic E-state index is 8.85. The average molecular weight is 261 g/mol. The summed E-state index contributed by atoms with van der Waals surface area (Å²) in [5, 5.41) is 12.0. The van der Waals surface area contributed by atoms with Crippen molar-refractivity contribution in [2.45, 2.75) is 32.7 Å². The molecule has 1 unspecified atom stereocenters. The van der Waals surface area contributed by atoms with Crippen LogP contribution >= 0.6 is 0 Å². The van der Waals surface area contributed by atoms with Gasteiger partial charge in [0.2, 0.25) is 0 Å². The lowest BCUT2D eigenvalue weighted by atomic mass is 10.0. The van der Waals surface area contributed by atoms with E-state index in [-0.39, 0.29) is 5.84 Å². The van der Waals surface area contributed by atoms with E-state index in [9.17, 15) is 0 Å². The molecule has 1 heterocycles. The maximum Gasteiger partial charge on any atom is 0.170 e. The van der Waals surface area contributed by atoms with Crippen LogP contribution in [-0.4, -0.2) is 29.0 Å². The van der Waals surface area contributed by atoms with Gasteiger partial charge in [-0.25, -0.2) is 0 Å². The highest BCUT2D eigenvalue weighted by molar-refractivity contribution is 5.98. The zero-order valence-corrected chi connectivity index (χ0v) is 11.5. The first kappa shape index (κ1) is 13.9. The number of hydrogen-bond acceptors (Lipinski definition) is 3. The molecule has 1 aliphatic rings. The molecule has 0 aliphatic carbocycles. The maximum atomic E-state index is 8.85. The fourth-order valence-corrected chi connectivity index (χ4v) is 2.68. The average Bonchev–Trinajstić information content (AvgIpc) is 2.63. The van der Waals surface area contributed by atoms with Crippen molar-refractivity contribution < 1.29 is 5.21 Å². The number of hydrogen-bond donors (Lipinski definition) is 2. The van der Waals surface area contributed by atoms with E-state index in [2.05, 4.69) is 23.0 Å². The highest BCUT2D eigenvalue weighted by atomic mass is 16.4. The second-order valence-corrected chi connectivity index (χ2v) is 5.45. The Labute approximate surface area is 114 Å². The molecule has 1 fully saturated rings. The molecule has 0 bridgehead atoms. The molecule has 0 saturated carbocycles. The van der Waals surface area contributed by atoms with Crippen molar-refractivity contribution in [3.05, 3.63) is 35.4 Å². The molecule has 1 aromatic rings. The molecule has 3 N–H and O–H groups in total. The van der Waals surface area contributed by atoms with E-state index in [0.717, 1.165) is 36.7 Å². The van der Waals surface area contributed by atoms with Crippen LogP contribution in [0.4, 0.5) is 0 Å². The largest absolute Gasteiger partial charge is 0.409 e. The molecule has 1 atom stereocenters. The summed E-state index contributed by atoms with van der Waals surface area (Å²) < 4.78 is 0. The van der Waals surface area contributed by atoms with E-state index in [1.807, 2.05) is 18.2 Å². The normalized spacial score (nSPS) is 22.2. The molecule has 19 heavy (non-hydrogen) atoms. The molecule has 1 saturated heterocycles. The Kier molecular flexibility index (Phi) is 4.80. The molecule has 1 aromatic carbocycles. The lowest BCUT2D eigenvalue weighted by molar-refractivity contribution is 0.273. The Morgan fingerprint density at radius 3 is 2.95 bits per heavy atom. The molecule has 2 rings (SSSR count). The highest BCUT2D eigenvalue weighted by Crippen LogP contribution is 2.19. The molecule has 0 radical (unpaired) electrons. The van der Waals surface area contributed by atoms with Crippen LogP contribution in [-0.2, 0) is 6.54 Å². The van der Waals surface area contributed by atoms with E-state index >= 15 is 0 Å². The Balaban J connectivity index is 2.10. The van der Waals surface area contributed by atoms with E-state index in [1.54, 1.807) is 0 Å². The Morgan fingerprint density at radius 2 is 2.16 bits per heavy atom. The van der Waals surface area contributed by atoms with Crippen molar-refractivity contribution in [1.82, 2.24) is 4.90 Å². The summed E-state index contributed by atoms with van der Waals surface area (Å²) in [6.07, 6.45) is 3.83. The number of nitrogens with two attached hydrogens (primary N) is 1. The zero-order valence-electron chi connectivity index (χ0n) is 11.5. The fraction of sp³-hybridized carbons (Fsp3) is 0.533. The Morgan fingerprint density at radius 1 is 1.37 bits per heavy atom. The highest BCUT2D eigenvalue weighted by Gasteiger charge is 2.15. The zero-order chi connectivity index (χ0) is 13.7. The second kappa shape index (κ2) is 6.57. The van der Waals surface area contributed by atoms with Crippen LogP contribution in [0.5, 0.6) is 0 Å². The van der Waals surface area contributed by atoms with Gasteiger partial charge in [-0.1, -0.05) is 36.3 Å². The standard InChI is InChI=1S/C15H23N3O/c1-12-5-4-9-18(10-8-12)11-13-6-2-3-7-14(13)15(16)17-19/h2-3,6-7,12,19H,4-5,8-11H2,1H3,(H2,16,17). The van der Waals surface area contributed by atoms with Crippen molar-refractivity contribution in [2.75, 3.05) is 13.1 Å². The summed E-state index contributed by atoms with van der Waals surface area (Å²) in [6, 6.07) is 7.89. The van der Waals surface area contributed by atoms with Gasteiger partial charge in [-0.2, -0.15) is 0 Å². The summed E-state index contributed by atoms with van der Waals surface area (Å²) in [5.74, 6) is 1.02. The monoisotopic (exact) mass is 261 g/mol. The van der Waals surface area contributed by atoms with Crippen molar-refractivity contribution in [2.24, 2.45) is 16.8 Å². The molecule has 4 heteroatoms. The van der Waals surface area contributed by atoms with Crippen LogP contribution in [0, 0.1) is 5.92 Å². The van der Waals surface area contributed by atoms with Crippen molar-refractivity contribution in [3.8, 4) is 0 Å². The number of likely N-dealkylation sites (tertiary alicyclic amines) is 1. The van der Waals surface area contributed by atoms with Gasteiger partial charge < -0.3 is 10.9 Å². The molecular weight excluding hydrogens is 238 g/mol. The smallest absolute Gasteiger partial charge is 0.170 e.